The summed E-state index contributed by atoms with van der Waals surface area (Å²) in [6, 6.07) is 17.8. The van der Waals surface area contributed by atoms with Crippen molar-refractivity contribution in [3.8, 4) is 0 Å². The number of carbonyl (C=O) groups is 4. The average Bonchev–Trinajstić information content (AvgIpc) is 2.80. The lowest BCUT2D eigenvalue weighted by atomic mass is 9.94. The smallest absolute Gasteiger partial charge is 0.261 e. The first-order valence-corrected chi connectivity index (χ1v) is 11.4. The van der Waals surface area contributed by atoms with Crippen LogP contribution < -0.4 is 10.6 Å². The van der Waals surface area contributed by atoms with Crippen LogP contribution in [0.5, 0.6) is 0 Å². The molecule has 0 atom stereocenters. The zero-order valence-corrected chi connectivity index (χ0v) is 19.3. The fourth-order valence-corrected chi connectivity index (χ4v) is 4.12. The Morgan fingerprint density at radius 1 is 0.794 bits per heavy atom. The van der Waals surface area contributed by atoms with Crippen molar-refractivity contribution in [3.05, 3.63) is 71.8 Å². The molecule has 3 aromatic rings. The topological polar surface area (TPSA) is 95.6 Å². The van der Waals surface area contributed by atoms with Crippen LogP contribution in [0.4, 0.5) is 11.4 Å². The molecule has 1 aliphatic heterocycles. The molecule has 4 amide bonds. The van der Waals surface area contributed by atoms with Gasteiger partial charge in [-0.25, -0.2) is 0 Å². The van der Waals surface area contributed by atoms with E-state index in [4.69, 9.17) is 0 Å². The van der Waals surface area contributed by atoms with Crippen molar-refractivity contribution in [2.45, 2.75) is 33.1 Å². The Kier molecular flexibility index (Phi) is 6.72. The van der Waals surface area contributed by atoms with Crippen LogP contribution in [0.15, 0.2) is 60.7 Å². The van der Waals surface area contributed by atoms with Gasteiger partial charge in [0.25, 0.3) is 11.8 Å². The standard InChI is InChI=1S/C27H27N3O4/c1-17(2)16-24(32)29-20-13-11-19(12-14-20)28-23(31)10-5-15-30-26(33)21-8-3-6-18-7-4-9-22(25(18)21)27(30)34/h3-4,6-9,11-14,17H,5,10,15-16H2,1-2H3,(H,28,31)(H,29,32). The highest BCUT2D eigenvalue weighted by Crippen LogP contribution is 2.30. The Balaban J connectivity index is 1.31. The molecule has 0 spiro atoms. The molecule has 0 unspecified atom stereocenters. The van der Waals surface area contributed by atoms with Gasteiger partial charge in [0.15, 0.2) is 0 Å². The number of imide groups is 1. The lowest BCUT2D eigenvalue weighted by Crippen LogP contribution is -2.41. The number of hydrogen-bond acceptors (Lipinski definition) is 4. The molecule has 7 nitrogen and oxygen atoms in total. The van der Waals surface area contributed by atoms with Gasteiger partial charge in [-0.1, -0.05) is 38.1 Å². The van der Waals surface area contributed by atoms with Crippen molar-refractivity contribution in [2.75, 3.05) is 17.2 Å². The molecule has 4 rings (SSSR count). The third-order valence-corrected chi connectivity index (χ3v) is 5.69. The van der Waals surface area contributed by atoms with Gasteiger partial charge >= 0.3 is 0 Å². The van der Waals surface area contributed by atoms with E-state index in [2.05, 4.69) is 10.6 Å². The number of carbonyl (C=O) groups excluding carboxylic acids is 4. The van der Waals surface area contributed by atoms with Gasteiger partial charge in [0.2, 0.25) is 11.8 Å². The van der Waals surface area contributed by atoms with Gasteiger partial charge in [0.1, 0.15) is 0 Å². The van der Waals surface area contributed by atoms with E-state index in [-0.39, 0.29) is 42.5 Å². The summed E-state index contributed by atoms with van der Waals surface area (Å²) in [6.07, 6.45) is 0.960. The largest absolute Gasteiger partial charge is 0.326 e. The summed E-state index contributed by atoms with van der Waals surface area (Å²) in [5.74, 6) is -0.643. The summed E-state index contributed by atoms with van der Waals surface area (Å²) in [4.78, 5) is 51.3. The Morgan fingerprint density at radius 3 is 1.85 bits per heavy atom. The van der Waals surface area contributed by atoms with Gasteiger partial charge in [-0.3, -0.25) is 24.1 Å². The number of hydrogen-bond donors (Lipinski definition) is 2. The molecular formula is C27H27N3O4. The van der Waals surface area contributed by atoms with E-state index in [0.717, 1.165) is 5.39 Å². The second-order valence-corrected chi connectivity index (χ2v) is 8.85. The van der Waals surface area contributed by atoms with Gasteiger partial charge in [0, 0.05) is 47.3 Å². The lowest BCUT2D eigenvalue weighted by Gasteiger charge is -2.27. The van der Waals surface area contributed by atoms with Crippen molar-refractivity contribution >= 4 is 45.8 Å². The Morgan fingerprint density at radius 2 is 1.32 bits per heavy atom. The molecule has 174 valence electrons. The van der Waals surface area contributed by atoms with Gasteiger partial charge in [0.05, 0.1) is 0 Å². The van der Waals surface area contributed by atoms with E-state index in [1.807, 2.05) is 38.1 Å². The quantitative estimate of drug-likeness (QED) is 0.473. The summed E-state index contributed by atoms with van der Waals surface area (Å²) in [6.45, 7) is 4.12. The Hall–Kier alpha value is -4.00. The van der Waals surface area contributed by atoms with Crippen LogP contribution in [-0.2, 0) is 9.59 Å². The van der Waals surface area contributed by atoms with Crippen LogP contribution in [-0.4, -0.2) is 35.1 Å². The maximum Gasteiger partial charge on any atom is 0.261 e. The summed E-state index contributed by atoms with van der Waals surface area (Å²) in [5, 5.41) is 7.19. The molecule has 7 heteroatoms. The maximum absolute atomic E-state index is 12.9. The van der Waals surface area contributed by atoms with Crippen LogP contribution >= 0.6 is 0 Å². The van der Waals surface area contributed by atoms with Crippen LogP contribution in [0, 0.1) is 5.92 Å². The van der Waals surface area contributed by atoms with Gasteiger partial charge < -0.3 is 10.6 Å². The Labute approximate surface area is 198 Å². The third kappa shape index (κ3) is 4.98. The number of anilines is 2. The molecular weight excluding hydrogens is 430 g/mol. The maximum atomic E-state index is 12.9. The van der Waals surface area contributed by atoms with Crippen molar-refractivity contribution in [1.29, 1.82) is 0 Å². The van der Waals surface area contributed by atoms with Crippen molar-refractivity contribution < 1.29 is 19.2 Å². The molecule has 0 saturated carbocycles. The first-order valence-electron chi connectivity index (χ1n) is 11.4. The highest BCUT2D eigenvalue weighted by Gasteiger charge is 2.32. The SMILES string of the molecule is CC(C)CC(=O)Nc1ccc(NC(=O)CCCN2C(=O)c3cccc4cccc(c34)C2=O)cc1. The van der Waals surface area contributed by atoms with Gasteiger partial charge in [-0.15, -0.1) is 0 Å². The monoisotopic (exact) mass is 457 g/mol. The molecule has 1 aliphatic rings. The van der Waals surface area contributed by atoms with Gasteiger partial charge in [-0.2, -0.15) is 0 Å². The second-order valence-electron chi connectivity index (χ2n) is 8.85. The Bertz CT molecular complexity index is 1210. The first kappa shape index (κ1) is 23.2. The summed E-state index contributed by atoms with van der Waals surface area (Å²) < 4.78 is 0. The number of nitrogens with zero attached hydrogens (tertiary/aromatic N) is 1. The van der Waals surface area contributed by atoms with E-state index < -0.39 is 0 Å². The molecule has 0 bridgehead atoms. The van der Waals surface area contributed by atoms with Crippen LogP contribution in [0.25, 0.3) is 10.8 Å². The first-order chi connectivity index (χ1) is 16.3. The second kappa shape index (κ2) is 9.87. The lowest BCUT2D eigenvalue weighted by molar-refractivity contribution is -0.117. The minimum absolute atomic E-state index is 0.0487. The molecule has 0 fully saturated rings. The molecule has 2 N–H and O–H groups in total. The van der Waals surface area contributed by atoms with E-state index in [9.17, 15) is 19.2 Å². The van der Waals surface area contributed by atoms with Crippen LogP contribution in [0.3, 0.4) is 0 Å². The van der Waals surface area contributed by atoms with Crippen molar-refractivity contribution in [3.63, 3.8) is 0 Å². The minimum Gasteiger partial charge on any atom is -0.326 e. The highest BCUT2D eigenvalue weighted by atomic mass is 16.2. The molecule has 0 saturated heterocycles. The average molecular weight is 458 g/mol. The molecule has 0 aromatic heterocycles. The predicted octanol–water partition coefficient (Wildman–Crippen LogP) is 4.84. The molecule has 1 heterocycles. The van der Waals surface area contributed by atoms with E-state index >= 15 is 0 Å². The zero-order chi connectivity index (χ0) is 24.2. The van der Waals surface area contributed by atoms with Crippen molar-refractivity contribution in [1.82, 2.24) is 4.90 Å². The fourth-order valence-electron chi connectivity index (χ4n) is 4.12. The van der Waals surface area contributed by atoms with E-state index in [1.165, 1.54) is 4.90 Å². The molecule has 3 aromatic carbocycles. The van der Waals surface area contributed by atoms with Crippen LogP contribution in [0.2, 0.25) is 0 Å². The minimum atomic E-state index is -0.329. The molecule has 34 heavy (non-hydrogen) atoms. The summed E-state index contributed by atoms with van der Waals surface area (Å²) in [7, 11) is 0. The normalized spacial score (nSPS) is 12.9. The zero-order valence-electron chi connectivity index (χ0n) is 19.3. The van der Waals surface area contributed by atoms with E-state index in [0.29, 0.717) is 40.7 Å². The van der Waals surface area contributed by atoms with Crippen molar-refractivity contribution in [2.24, 2.45) is 5.92 Å². The summed E-state index contributed by atoms with van der Waals surface area (Å²) in [5.41, 5.74) is 2.30. The summed E-state index contributed by atoms with van der Waals surface area (Å²) >= 11 is 0. The van der Waals surface area contributed by atoms with E-state index in [1.54, 1.807) is 36.4 Å². The number of benzene rings is 3. The molecule has 0 radical (unpaired) electrons. The number of rotatable bonds is 8. The molecule has 0 aliphatic carbocycles. The third-order valence-electron chi connectivity index (χ3n) is 5.69. The highest BCUT2D eigenvalue weighted by molar-refractivity contribution is 6.25. The number of nitrogens with one attached hydrogen (secondary N) is 2. The predicted molar refractivity (Wildman–Crippen MR) is 132 cm³/mol. The van der Waals surface area contributed by atoms with Crippen LogP contribution in [0.1, 0.15) is 53.8 Å². The number of amides is 4. The van der Waals surface area contributed by atoms with Gasteiger partial charge in [-0.05, 0) is 54.1 Å². The fraction of sp³-hybridized carbons (Fsp3) is 0.259.